The van der Waals surface area contributed by atoms with Crippen LogP contribution >= 0.6 is 0 Å². The summed E-state index contributed by atoms with van der Waals surface area (Å²) < 4.78 is 34.4. The molecular formula is C14H11NO4S. The number of rotatable bonds is 4. The summed E-state index contributed by atoms with van der Waals surface area (Å²) >= 11 is 0. The van der Waals surface area contributed by atoms with E-state index >= 15 is 0 Å². The van der Waals surface area contributed by atoms with E-state index in [2.05, 4.69) is 0 Å². The highest BCUT2D eigenvalue weighted by Crippen LogP contribution is 2.32. The molecule has 2 aromatic carbocycles. The lowest BCUT2D eigenvalue weighted by Crippen LogP contribution is -2.11. The number of benzene rings is 2. The van der Waals surface area contributed by atoms with Gasteiger partial charge < -0.3 is 8.92 Å². The van der Waals surface area contributed by atoms with Crippen LogP contribution in [-0.2, 0) is 10.1 Å². The van der Waals surface area contributed by atoms with Crippen LogP contribution in [0.25, 0.3) is 0 Å². The van der Waals surface area contributed by atoms with Crippen LogP contribution in [0.4, 0.5) is 0 Å². The summed E-state index contributed by atoms with van der Waals surface area (Å²) in [6.07, 6.45) is 0. The summed E-state index contributed by atoms with van der Waals surface area (Å²) in [7, 11) is -2.64. The fourth-order valence-electron chi connectivity index (χ4n) is 1.60. The summed E-state index contributed by atoms with van der Waals surface area (Å²) in [6, 6.07) is 14.1. The molecule has 0 aliphatic rings. The second-order valence-corrected chi connectivity index (χ2v) is 5.35. The zero-order chi connectivity index (χ0) is 14.6. The first-order valence-electron chi connectivity index (χ1n) is 5.65. The first kappa shape index (κ1) is 13.9. The van der Waals surface area contributed by atoms with Crippen molar-refractivity contribution < 1.29 is 17.3 Å². The maximum absolute atomic E-state index is 12.2. The molecular weight excluding hydrogens is 278 g/mol. The van der Waals surface area contributed by atoms with Gasteiger partial charge in [0.15, 0.2) is 5.75 Å². The Labute approximate surface area is 117 Å². The maximum Gasteiger partial charge on any atom is 0.339 e. The van der Waals surface area contributed by atoms with Gasteiger partial charge in [-0.3, -0.25) is 0 Å². The Kier molecular flexibility index (Phi) is 3.91. The topological polar surface area (TPSA) is 76.4 Å². The van der Waals surface area contributed by atoms with Crippen LogP contribution in [0.3, 0.4) is 0 Å². The summed E-state index contributed by atoms with van der Waals surface area (Å²) in [5.74, 6) is 0.0740. The molecule has 0 bridgehead atoms. The third-order valence-corrected chi connectivity index (χ3v) is 3.78. The number of nitriles is 1. The van der Waals surface area contributed by atoms with Gasteiger partial charge in [0.1, 0.15) is 11.0 Å². The van der Waals surface area contributed by atoms with E-state index in [0.29, 0.717) is 0 Å². The van der Waals surface area contributed by atoms with Crippen LogP contribution in [0.5, 0.6) is 11.5 Å². The Balaban J connectivity index is 2.48. The van der Waals surface area contributed by atoms with Gasteiger partial charge in [-0.05, 0) is 24.3 Å². The highest BCUT2D eigenvalue weighted by molar-refractivity contribution is 7.87. The van der Waals surface area contributed by atoms with Crippen molar-refractivity contribution in [2.45, 2.75) is 4.90 Å². The summed E-state index contributed by atoms with van der Waals surface area (Å²) in [4.78, 5) is 0.00907. The van der Waals surface area contributed by atoms with Gasteiger partial charge in [-0.15, -0.1) is 0 Å². The number of ether oxygens (including phenoxy) is 1. The highest BCUT2D eigenvalue weighted by Gasteiger charge is 2.21. The molecule has 0 saturated carbocycles. The number of methoxy groups -OCH3 is 1. The van der Waals surface area contributed by atoms with E-state index < -0.39 is 10.1 Å². The van der Waals surface area contributed by atoms with Crippen molar-refractivity contribution >= 4 is 10.1 Å². The molecule has 0 radical (unpaired) electrons. The summed E-state index contributed by atoms with van der Waals surface area (Å²) in [5.41, 5.74) is 0.0869. The molecule has 0 aliphatic carbocycles. The number of para-hydroxylation sites is 1. The van der Waals surface area contributed by atoms with Crippen LogP contribution in [0.15, 0.2) is 53.4 Å². The lowest BCUT2D eigenvalue weighted by atomic mass is 10.2. The van der Waals surface area contributed by atoms with Crippen LogP contribution in [0, 0.1) is 11.3 Å². The van der Waals surface area contributed by atoms with Crippen LogP contribution < -0.4 is 8.92 Å². The molecule has 0 aliphatic heterocycles. The molecule has 102 valence electrons. The van der Waals surface area contributed by atoms with E-state index in [1.807, 2.05) is 6.07 Å². The zero-order valence-corrected chi connectivity index (χ0v) is 11.4. The lowest BCUT2D eigenvalue weighted by Gasteiger charge is -2.11. The molecule has 20 heavy (non-hydrogen) atoms. The third kappa shape index (κ3) is 2.73. The monoisotopic (exact) mass is 289 g/mol. The minimum Gasteiger partial charge on any atom is -0.493 e. The molecule has 0 atom stereocenters. The molecule has 5 nitrogen and oxygen atoms in total. The summed E-state index contributed by atoms with van der Waals surface area (Å²) in [5, 5.41) is 9.03. The largest absolute Gasteiger partial charge is 0.493 e. The van der Waals surface area contributed by atoms with E-state index in [1.54, 1.807) is 24.3 Å². The molecule has 0 fully saturated rings. The molecule has 0 N–H and O–H groups in total. The molecule has 0 unspecified atom stereocenters. The second-order valence-electron chi connectivity index (χ2n) is 3.80. The normalized spacial score (nSPS) is 10.6. The minimum absolute atomic E-state index is 0.00907. The average molecular weight is 289 g/mol. The van der Waals surface area contributed by atoms with Gasteiger partial charge in [-0.1, -0.05) is 24.3 Å². The molecule has 0 spiro atoms. The van der Waals surface area contributed by atoms with Gasteiger partial charge in [0.05, 0.1) is 12.7 Å². The van der Waals surface area contributed by atoms with Gasteiger partial charge in [0, 0.05) is 0 Å². The Bertz CT molecular complexity index is 748. The molecule has 2 rings (SSSR count). The number of nitrogens with zero attached hydrogens (tertiary/aromatic N) is 1. The smallest absolute Gasteiger partial charge is 0.339 e. The summed E-state index contributed by atoms with van der Waals surface area (Å²) in [6.45, 7) is 0. The fraction of sp³-hybridized carbons (Fsp3) is 0.0714. The van der Waals surface area contributed by atoms with E-state index in [9.17, 15) is 8.42 Å². The van der Waals surface area contributed by atoms with E-state index in [4.69, 9.17) is 14.2 Å². The van der Waals surface area contributed by atoms with Gasteiger partial charge in [0.2, 0.25) is 5.75 Å². The van der Waals surface area contributed by atoms with Crippen molar-refractivity contribution in [2.75, 3.05) is 7.11 Å². The average Bonchev–Trinajstić information content (AvgIpc) is 2.48. The Morgan fingerprint density at radius 1 is 1.05 bits per heavy atom. The van der Waals surface area contributed by atoms with Crippen molar-refractivity contribution in [2.24, 2.45) is 0 Å². The first-order valence-corrected chi connectivity index (χ1v) is 7.06. The highest BCUT2D eigenvalue weighted by atomic mass is 32.2. The minimum atomic E-state index is -4.01. The van der Waals surface area contributed by atoms with Crippen molar-refractivity contribution in [1.82, 2.24) is 0 Å². The molecule has 0 aromatic heterocycles. The zero-order valence-electron chi connectivity index (χ0n) is 10.6. The maximum atomic E-state index is 12.2. The van der Waals surface area contributed by atoms with Gasteiger partial charge in [-0.2, -0.15) is 13.7 Å². The number of hydrogen-bond donors (Lipinski definition) is 0. The van der Waals surface area contributed by atoms with Crippen LogP contribution in [-0.4, -0.2) is 15.5 Å². The predicted octanol–water partition coefficient (Wildman–Crippen LogP) is 2.33. The Hall–Kier alpha value is -2.52. The molecule has 0 saturated heterocycles. The molecule has 0 heterocycles. The van der Waals surface area contributed by atoms with Gasteiger partial charge in [0.25, 0.3) is 0 Å². The molecule has 2 aromatic rings. The van der Waals surface area contributed by atoms with Crippen molar-refractivity contribution in [3.8, 4) is 17.6 Å². The SMILES string of the molecule is COc1cccc(C#N)c1OS(=O)(=O)c1ccccc1. The van der Waals surface area contributed by atoms with Crippen molar-refractivity contribution in [1.29, 1.82) is 5.26 Å². The Morgan fingerprint density at radius 2 is 1.75 bits per heavy atom. The molecule has 6 heteroatoms. The van der Waals surface area contributed by atoms with Crippen molar-refractivity contribution in [3.05, 3.63) is 54.1 Å². The van der Waals surface area contributed by atoms with Crippen LogP contribution in [0.2, 0.25) is 0 Å². The predicted molar refractivity (Wildman–Crippen MR) is 72.0 cm³/mol. The van der Waals surface area contributed by atoms with E-state index in [0.717, 1.165) is 0 Å². The lowest BCUT2D eigenvalue weighted by molar-refractivity contribution is 0.390. The Morgan fingerprint density at radius 3 is 2.35 bits per heavy atom. The van der Waals surface area contributed by atoms with Gasteiger partial charge >= 0.3 is 10.1 Å². The van der Waals surface area contributed by atoms with Crippen LogP contribution in [0.1, 0.15) is 5.56 Å². The molecule has 0 amide bonds. The van der Waals surface area contributed by atoms with Gasteiger partial charge in [-0.25, -0.2) is 0 Å². The van der Waals surface area contributed by atoms with E-state index in [1.165, 1.54) is 31.4 Å². The van der Waals surface area contributed by atoms with E-state index in [-0.39, 0.29) is 22.0 Å². The third-order valence-electron chi connectivity index (χ3n) is 2.54. The fourth-order valence-corrected chi connectivity index (χ4v) is 2.57. The first-order chi connectivity index (χ1) is 9.58. The van der Waals surface area contributed by atoms with Crippen molar-refractivity contribution in [3.63, 3.8) is 0 Å². The standard InChI is InChI=1S/C14H11NO4S/c1-18-13-9-5-6-11(10-15)14(13)19-20(16,17)12-7-3-2-4-8-12/h2-9H,1H3. The second kappa shape index (κ2) is 5.63. The quantitative estimate of drug-likeness (QED) is 0.807. The number of hydrogen-bond acceptors (Lipinski definition) is 5.